The van der Waals surface area contributed by atoms with E-state index in [9.17, 15) is 24.9 Å². The average Bonchev–Trinajstić information content (AvgIpc) is 2.52. The van der Waals surface area contributed by atoms with Crippen molar-refractivity contribution in [1.29, 1.82) is 0 Å². The minimum absolute atomic E-state index is 0.115. The van der Waals surface area contributed by atoms with Crippen molar-refractivity contribution in [2.75, 3.05) is 6.61 Å². The fraction of sp³-hybridized carbons (Fsp3) is 0.920. The minimum Gasteiger partial charge on any atom is -0.456 e. The molecule has 0 spiro atoms. The van der Waals surface area contributed by atoms with Gasteiger partial charge in [-0.05, 0) is 24.2 Å². The molecule has 4 fully saturated rings. The molecule has 0 aromatic heterocycles. The fourth-order valence-electron chi connectivity index (χ4n) is 6.87. The zero-order valence-corrected chi connectivity index (χ0v) is 21.0. The molecule has 4 bridgehead atoms. The van der Waals surface area contributed by atoms with Crippen molar-refractivity contribution >= 4 is 11.9 Å². The van der Waals surface area contributed by atoms with E-state index < -0.39 is 52.3 Å². The maximum absolute atomic E-state index is 13.1. The highest BCUT2D eigenvalue weighted by molar-refractivity contribution is 5.81. The largest absolute Gasteiger partial charge is 0.456 e. The molecule has 0 aliphatic heterocycles. The van der Waals surface area contributed by atoms with E-state index in [-0.39, 0.29) is 42.9 Å². The molecule has 4 atom stereocenters. The number of ether oxygens (including phenoxy) is 2. The summed E-state index contributed by atoms with van der Waals surface area (Å²) in [4.78, 5) is 25.9. The van der Waals surface area contributed by atoms with Gasteiger partial charge in [0, 0.05) is 38.0 Å². The van der Waals surface area contributed by atoms with Crippen LogP contribution in [0.15, 0.2) is 0 Å². The molecule has 4 unspecified atom stereocenters. The van der Waals surface area contributed by atoms with Crippen LogP contribution in [0.25, 0.3) is 0 Å². The molecule has 3 N–H and O–H groups in total. The average molecular weight is 455 g/mol. The van der Waals surface area contributed by atoms with E-state index in [1.165, 1.54) is 0 Å². The Hall–Kier alpha value is -1.18. The number of hydrogen-bond donors (Lipinski definition) is 3. The normalized spacial score (nSPS) is 40.7. The Balaban J connectivity index is 1.73. The Labute approximate surface area is 191 Å². The smallest absolute Gasteiger partial charge is 0.344 e. The molecule has 4 aliphatic rings. The predicted octanol–water partition coefficient (Wildman–Crippen LogP) is 3.12. The van der Waals surface area contributed by atoms with Gasteiger partial charge in [0.05, 0.1) is 22.2 Å². The van der Waals surface area contributed by atoms with Crippen LogP contribution in [0.2, 0.25) is 0 Å². The Morgan fingerprint density at radius 1 is 0.875 bits per heavy atom. The third-order valence-corrected chi connectivity index (χ3v) is 8.41. The van der Waals surface area contributed by atoms with Gasteiger partial charge in [-0.25, -0.2) is 4.79 Å². The number of carbonyl (C=O) groups is 2. The lowest BCUT2D eigenvalue weighted by molar-refractivity contribution is -0.326. The molecular weight excluding hydrogens is 412 g/mol. The standard InChI is InChI=1S/C25H42O7/c1-16-24(30)12-22(28)11-23(29,13-24)15-25(16,14-22)32-17(26)9-31-18(27)21(8,20(5,6)7)10-19(2,3)4/h16,28-30H,9-15H2,1-8H3. The predicted molar refractivity (Wildman–Crippen MR) is 119 cm³/mol. The van der Waals surface area contributed by atoms with Crippen LogP contribution in [0.5, 0.6) is 0 Å². The first kappa shape index (κ1) is 25.4. The van der Waals surface area contributed by atoms with Crippen LogP contribution in [0.3, 0.4) is 0 Å². The van der Waals surface area contributed by atoms with Crippen molar-refractivity contribution in [3.63, 3.8) is 0 Å². The van der Waals surface area contributed by atoms with E-state index in [0.29, 0.717) is 6.42 Å². The summed E-state index contributed by atoms with van der Waals surface area (Å²) in [6.45, 7) is 15.3. The van der Waals surface area contributed by atoms with E-state index in [1.807, 2.05) is 27.7 Å². The topological polar surface area (TPSA) is 113 Å². The second-order valence-electron chi connectivity index (χ2n) is 13.6. The zero-order chi connectivity index (χ0) is 24.6. The molecular formula is C25H42O7. The molecule has 0 heterocycles. The van der Waals surface area contributed by atoms with Gasteiger partial charge in [0.1, 0.15) is 5.60 Å². The van der Waals surface area contributed by atoms with E-state index in [0.717, 1.165) is 0 Å². The van der Waals surface area contributed by atoms with Crippen molar-refractivity contribution in [1.82, 2.24) is 0 Å². The Bertz CT molecular complexity index is 771. The van der Waals surface area contributed by atoms with Crippen molar-refractivity contribution in [3.8, 4) is 0 Å². The summed E-state index contributed by atoms with van der Waals surface area (Å²) >= 11 is 0. The zero-order valence-electron chi connectivity index (χ0n) is 21.0. The first-order valence-corrected chi connectivity index (χ1v) is 11.7. The summed E-state index contributed by atoms with van der Waals surface area (Å²) in [7, 11) is 0. The van der Waals surface area contributed by atoms with Crippen LogP contribution < -0.4 is 0 Å². The molecule has 0 aromatic carbocycles. The summed E-state index contributed by atoms with van der Waals surface area (Å²) < 4.78 is 11.3. The third kappa shape index (κ3) is 4.32. The highest BCUT2D eigenvalue weighted by atomic mass is 16.6. The number of aliphatic hydroxyl groups is 3. The molecule has 0 aromatic rings. The monoisotopic (exact) mass is 454 g/mol. The number of carbonyl (C=O) groups excluding carboxylic acids is 2. The molecule has 4 aliphatic carbocycles. The Morgan fingerprint density at radius 2 is 1.38 bits per heavy atom. The Kier molecular flexibility index (Phi) is 5.69. The van der Waals surface area contributed by atoms with Crippen LogP contribution in [0.4, 0.5) is 0 Å². The van der Waals surface area contributed by atoms with Gasteiger partial charge in [-0.3, -0.25) is 4.79 Å². The molecule has 0 radical (unpaired) electrons. The van der Waals surface area contributed by atoms with Crippen molar-refractivity contribution in [3.05, 3.63) is 0 Å². The summed E-state index contributed by atoms with van der Waals surface area (Å²) in [5, 5.41) is 33.0. The maximum Gasteiger partial charge on any atom is 0.344 e. The summed E-state index contributed by atoms with van der Waals surface area (Å²) in [5.74, 6) is -1.63. The second kappa shape index (κ2) is 7.16. The van der Waals surface area contributed by atoms with Crippen LogP contribution >= 0.6 is 0 Å². The van der Waals surface area contributed by atoms with Crippen molar-refractivity contribution in [2.45, 2.75) is 116 Å². The molecule has 32 heavy (non-hydrogen) atoms. The summed E-state index contributed by atoms with van der Waals surface area (Å²) in [6, 6.07) is 0. The number of esters is 2. The van der Waals surface area contributed by atoms with Gasteiger partial charge in [0.25, 0.3) is 0 Å². The number of hydrogen-bond acceptors (Lipinski definition) is 7. The van der Waals surface area contributed by atoms with Crippen LogP contribution in [0.1, 0.15) is 93.9 Å². The van der Waals surface area contributed by atoms with Crippen LogP contribution in [0, 0.1) is 22.2 Å². The molecule has 4 rings (SSSR count). The van der Waals surface area contributed by atoms with Crippen molar-refractivity contribution in [2.24, 2.45) is 22.2 Å². The highest BCUT2D eigenvalue weighted by Gasteiger charge is 2.72. The number of rotatable bonds is 5. The lowest BCUT2D eigenvalue weighted by atomic mass is 9.45. The first-order valence-electron chi connectivity index (χ1n) is 11.7. The fourth-order valence-corrected chi connectivity index (χ4v) is 6.87. The SMILES string of the molecule is CC1C2(O)CC3(O)CC(O)(C2)CC1(OC(=O)COC(=O)C(C)(CC(C)(C)C)C(C)(C)C)C3. The summed E-state index contributed by atoms with van der Waals surface area (Å²) in [6.07, 6.45) is 1.40. The van der Waals surface area contributed by atoms with Gasteiger partial charge >= 0.3 is 11.9 Å². The first-order chi connectivity index (χ1) is 14.2. The van der Waals surface area contributed by atoms with Gasteiger partial charge in [-0.15, -0.1) is 0 Å². The van der Waals surface area contributed by atoms with E-state index in [2.05, 4.69) is 20.8 Å². The van der Waals surface area contributed by atoms with Crippen LogP contribution in [-0.4, -0.2) is 56.3 Å². The summed E-state index contributed by atoms with van der Waals surface area (Å²) in [5.41, 5.74) is -6.34. The Morgan fingerprint density at radius 3 is 1.81 bits per heavy atom. The lowest BCUT2D eigenvalue weighted by Crippen LogP contribution is -2.76. The molecule has 4 saturated carbocycles. The molecule has 184 valence electrons. The molecule has 0 saturated heterocycles. The van der Waals surface area contributed by atoms with Gasteiger partial charge < -0.3 is 24.8 Å². The van der Waals surface area contributed by atoms with E-state index >= 15 is 0 Å². The van der Waals surface area contributed by atoms with E-state index in [4.69, 9.17) is 9.47 Å². The lowest BCUT2D eigenvalue weighted by Gasteiger charge is -2.67. The highest BCUT2D eigenvalue weighted by Crippen LogP contribution is 2.64. The third-order valence-electron chi connectivity index (χ3n) is 8.41. The van der Waals surface area contributed by atoms with Gasteiger partial charge in [-0.2, -0.15) is 0 Å². The van der Waals surface area contributed by atoms with Gasteiger partial charge in [-0.1, -0.05) is 48.5 Å². The minimum atomic E-state index is -1.30. The van der Waals surface area contributed by atoms with Crippen molar-refractivity contribution < 1.29 is 34.4 Å². The quantitative estimate of drug-likeness (QED) is 0.547. The molecule has 7 nitrogen and oxygen atoms in total. The maximum atomic E-state index is 13.1. The molecule has 0 amide bonds. The molecule has 7 heteroatoms. The van der Waals surface area contributed by atoms with Crippen LogP contribution in [-0.2, 0) is 19.1 Å². The van der Waals surface area contributed by atoms with Gasteiger partial charge in [0.2, 0.25) is 0 Å². The van der Waals surface area contributed by atoms with E-state index in [1.54, 1.807) is 6.92 Å². The van der Waals surface area contributed by atoms with Gasteiger partial charge in [0.15, 0.2) is 6.61 Å². The second-order valence-corrected chi connectivity index (χ2v) is 13.6.